The van der Waals surface area contributed by atoms with Gasteiger partial charge in [0.25, 0.3) is 0 Å². The topological polar surface area (TPSA) is 23.8 Å². The first-order valence-electron chi connectivity index (χ1n) is 12.0. The summed E-state index contributed by atoms with van der Waals surface area (Å²) in [6.07, 6.45) is 15.8. The molecule has 0 heterocycles. The molecule has 1 nitrogen and oxygen atoms in total. The molecule has 4 unspecified atom stereocenters. The zero-order valence-electron chi connectivity index (χ0n) is 17.8. The molecule has 3 fully saturated rings. The average Bonchev–Trinajstić information content (AvgIpc) is 2.73. The van der Waals surface area contributed by atoms with Gasteiger partial charge in [0.05, 0.1) is 0 Å². The van der Waals surface area contributed by atoms with Crippen LogP contribution in [-0.4, -0.2) is 0 Å². The number of nitrogens with zero attached hydrogens (tertiary/aromatic N) is 1. The number of rotatable bonds is 4. The Hall–Kier alpha value is -1.43. The van der Waals surface area contributed by atoms with E-state index in [0.717, 1.165) is 48.0 Å². The van der Waals surface area contributed by atoms with E-state index < -0.39 is 17.2 Å². The van der Waals surface area contributed by atoms with Crippen LogP contribution in [0.2, 0.25) is 0 Å². The van der Waals surface area contributed by atoms with Gasteiger partial charge in [-0.3, -0.25) is 0 Å². The molecule has 4 atom stereocenters. The van der Waals surface area contributed by atoms with Crippen molar-refractivity contribution in [1.29, 1.82) is 5.26 Å². The first-order valence-corrected chi connectivity index (χ1v) is 12.0. The second kappa shape index (κ2) is 9.15. The number of benzene rings is 1. The smallest absolute Gasteiger partial charge is 0.144 e. The molecule has 3 aliphatic carbocycles. The van der Waals surface area contributed by atoms with Crippen molar-refractivity contribution in [2.75, 3.05) is 0 Å². The maximum Gasteiger partial charge on any atom is 0.144 e. The summed E-state index contributed by atoms with van der Waals surface area (Å²) in [7, 11) is 0. The number of halogens is 2. The molecule has 0 radical (unpaired) electrons. The lowest BCUT2D eigenvalue weighted by molar-refractivity contribution is 0.0618. The Bertz CT molecular complexity index is 721. The minimum Gasteiger partial charge on any atom is -0.205 e. The zero-order valence-corrected chi connectivity index (χ0v) is 17.8. The van der Waals surface area contributed by atoms with Gasteiger partial charge in [0, 0.05) is 0 Å². The summed E-state index contributed by atoms with van der Waals surface area (Å²) in [5, 5.41) is 8.87. The van der Waals surface area contributed by atoms with Gasteiger partial charge >= 0.3 is 0 Å². The van der Waals surface area contributed by atoms with E-state index in [9.17, 15) is 8.78 Å². The van der Waals surface area contributed by atoms with Crippen LogP contribution < -0.4 is 0 Å². The molecule has 0 amide bonds. The molecule has 1 aromatic carbocycles. The predicted molar refractivity (Wildman–Crippen MR) is 112 cm³/mol. The van der Waals surface area contributed by atoms with Crippen LogP contribution in [0.5, 0.6) is 0 Å². The minimum atomic E-state index is -0.707. The molecule has 4 rings (SSSR count). The summed E-state index contributed by atoms with van der Waals surface area (Å²) in [5.74, 6) is 3.43. The Kier molecular flexibility index (Phi) is 6.57. The Morgan fingerprint density at radius 2 is 1.38 bits per heavy atom. The van der Waals surface area contributed by atoms with E-state index in [1.807, 2.05) is 0 Å². The van der Waals surface area contributed by atoms with Crippen molar-refractivity contribution < 1.29 is 8.78 Å². The highest BCUT2D eigenvalue weighted by molar-refractivity contribution is 5.36. The molecule has 0 aromatic heterocycles. The van der Waals surface area contributed by atoms with Crippen LogP contribution in [0.1, 0.15) is 101 Å². The van der Waals surface area contributed by atoms with E-state index in [-0.39, 0.29) is 5.92 Å². The Morgan fingerprint density at radius 3 is 2.00 bits per heavy atom. The molecule has 29 heavy (non-hydrogen) atoms. The fourth-order valence-corrected chi connectivity index (χ4v) is 6.98. The third kappa shape index (κ3) is 4.52. The number of hydrogen-bond donors (Lipinski definition) is 0. The molecule has 0 bridgehead atoms. The number of hydrogen-bond acceptors (Lipinski definition) is 1. The second-order valence-electron chi connectivity index (χ2n) is 10.1. The first kappa shape index (κ1) is 20.8. The highest BCUT2D eigenvalue weighted by Gasteiger charge is 2.38. The van der Waals surface area contributed by atoms with Gasteiger partial charge in [0.2, 0.25) is 0 Å². The minimum absolute atomic E-state index is 0.240. The zero-order chi connectivity index (χ0) is 20.4. The summed E-state index contributed by atoms with van der Waals surface area (Å²) in [4.78, 5) is 0. The van der Waals surface area contributed by atoms with Crippen LogP contribution in [0, 0.1) is 52.6 Å². The largest absolute Gasteiger partial charge is 0.205 e. The fourth-order valence-electron chi connectivity index (χ4n) is 6.98. The van der Waals surface area contributed by atoms with E-state index in [1.165, 1.54) is 76.3 Å². The molecule has 0 N–H and O–H groups in total. The number of nitriles is 1. The van der Waals surface area contributed by atoms with Gasteiger partial charge < -0.3 is 0 Å². The van der Waals surface area contributed by atoms with Crippen LogP contribution in [0.4, 0.5) is 8.78 Å². The monoisotopic (exact) mass is 399 g/mol. The molecule has 0 saturated heterocycles. The molecule has 0 spiro atoms. The number of fused-ring (bicyclic) bond motifs is 1. The highest BCUT2D eigenvalue weighted by Crippen LogP contribution is 2.50. The SMILES string of the molecule is CCCC1CCC2CC(C3CCC(c4cc(F)c(C#N)c(F)c4)CC3)CCC2C1. The second-order valence-corrected chi connectivity index (χ2v) is 10.1. The van der Waals surface area contributed by atoms with Gasteiger partial charge in [-0.15, -0.1) is 0 Å². The highest BCUT2D eigenvalue weighted by atomic mass is 19.1. The van der Waals surface area contributed by atoms with Crippen LogP contribution in [0.25, 0.3) is 0 Å². The van der Waals surface area contributed by atoms with Crippen molar-refractivity contribution in [3.63, 3.8) is 0 Å². The molecule has 0 aliphatic heterocycles. The van der Waals surface area contributed by atoms with Gasteiger partial charge in [0.15, 0.2) is 0 Å². The van der Waals surface area contributed by atoms with E-state index in [2.05, 4.69) is 6.92 Å². The Labute approximate surface area is 174 Å². The average molecular weight is 400 g/mol. The fraction of sp³-hybridized carbons (Fsp3) is 0.731. The third-order valence-electron chi connectivity index (χ3n) is 8.55. The van der Waals surface area contributed by atoms with Gasteiger partial charge in [-0.2, -0.15) is 5.26 Å². The predicted octanol–water partition coefficient (Wildman–Crippen LogP) is 7.74. The molecular formula is C26H35F2N. The summed E-state index contributed by atoms with van der Waals surface area (Å²) >= 11 is 0. The van der Waals surface area contributed by atoms with Crippen molar-refractivity contribution in [3.8, 4) is 6.07 Å². The molecule has 3 saturated carbocycles. The van der Waals surface area contributed by atoms with E-state index in [1.54, 1.807) is 6.07 Å². The summed E-state index contributed by atoms with van der Waals surface area (Å²) in [6.45, 7) is 2.32. The maximum absolute atomic E-state index is 14.0. The van der Waals surface area contributed by atoms with Gasteiger partial charge in [0.1, 0.15) is 23.3 Å². The summed E-state index contributed by atoms with van der Waals surface area (Å²) in [6, 6.07) is 4.42. The van der Waals surface area contributed by atoms with Crippen molar-refractivity contribution in [1.82, 2.24) is 0 Å². The quantitative estimate of drug-likeness (QED) is 0.508. The van der Waals surface area contributed by atoms with Crippen molar-refractivity contribution in [2.45, 2.75) is 89.9 Å². The summed E-state index contributed by atoms with van der Waals surface area (Å²) in [5.41, 5.74) is 0.295. The van der Waals surface area contributed by atoms with Gasteiger partial charge in [-0.05, 0) is 111 Å². The maximum atomic E-state index is 14.0. The van der Waals surface area contributed by atoms with Crippen LogP contribution >= 0.6 is 0 Å². The van der Waals surface area contributed by atoms with Crippen molar-refractivity contribution in [3.05, 3.63) is 34.9 Å². The van der Waals surface area contributed by atoms with E-state index in [0.29, 0.717) is 0 Å². The first-order chi connectivity index (χ1) is 14.1. The normalized spacial score (nSPS) is 35.0. The third-order valence-corrected chi connectivity index (χ3v) is 8.55. The Morgan fingerprint density at radius 1 is 0.828 bits per heavy atom. The van der Waals surface area contributed by atoms with E-state index >= 15 is 0 Å². The molecule has 3 aliphatic rings. The summed E-state index contributed by atoms with van der Waals surface area (Å²) < 4.78 is 28.0. The Balaban J connectivity index is 1.31. The van der Waals surface area contributed by atoms with Gasteiger partial charge in [-0.1, -0.05) is 26.2 Å². The standard InChI is InChI=1S/C26H35F2N/c1-2-3-17-4-5-22-13-21(11-10-20(22)12-17)18-6-8-19(9-7-18)23-14-25(27)24(16-29)26(28)15-23/h14-15,17-22H,2-13H2,1H3. The lowest BCUT2D eigenvalue weighted by Gasteiger charge is -2.45. The van der Waals surface area contributed by atoms with E-state index in [4.69, 9.17) is 5.26 Å². The van der Waals surface area contributed by atoms with Crippen molar-refractivity contribution in [2.24, 2.45) is 29.6 Å². The lowest BCUT2D eigenvalue weighted by Crippen LogP contribution is -2.34. The van der Waals surface area contributed by atoms with Crippen LogP contribution in [0.3, 0.4) is 0 Å². The van der Waals surface area contributed by atoms with Gasteiger partial charge in [-0.25, -0.2) is 8.78 Å². The lowest BCUT2D eigenvalue weighted by atomic mass is 9.60. The molecule has 1 aromatic rings. The molecular weight excluding hydrogens is 364 g/mol. The van der Waals surface area contributed by atoms with Crippen LogP contribution in [0.15, 0.2) is 12.1 Å². The van der Waals surface area contributed by atoms with Crippen LogP contribution in [-0.2, 0) is 0 Å². The van der Waals surface area contributed by atoms with Crippen molar-refractivity contribution >= 4 is 0 Å². The molecule has 3 heteroatoms. The molecule has 158 valence electrons.